The van der Waals surface area contributed by atoms with Crippen molar-refractivity contribution in [2.24, 2.45) is 0 Å². The Bertz CT molecular complexity index is 662. The molecule has 122 valence electrons. The molecule has 1 aliphatic rings. The molecule has 6 nitrogen and oxygen atoms in total. The second-order valence-electron chi connectivity index (χ2n) is 5.33. The summed E-state index contributed by atoms with van der Waals surface area (Å²) in [5.41, 5.74) is 8.00. The maximum atomic E-state index is 5.85. The number of nitrogens with zero attached hydrogens (tertiary/aromatic N) is 2. The van der Waals surface area contributed by atoms with Crippen LogP contribution in [-0.2, 0) is 12.8 Å². The van der Waals surface area contributed by atoms with Crippen molar-refractivity contribution in [1.29, 1.82) is 0 Å². The number of fused-ring (bicyclic) bond motifs is 1. The molecule has 0 saturated heterocycles. The molecule has 0 saturated carbocycles. The summed E-state index contributed by atoms with van der Waals surface area (Å²) in [6.07, 6.45) is 1.77. The van der Waals surface area contributed by atoms with Crippen molar-refractivity contribution in [2.45, 2.75) is 12.8 Å². The van der Waals surface area contributed by atoms with Crippen molar-refractivity contribution in [3.8, 4) is 5.75 Å². The van der Waals surface area contributed by atoms with Gasteiger partial charge in [0.2, 0.25) is 5.95 Å². The molecule has 3 rings (SSSR count). The normalized spacial score (nSPS) is 14.0. The molecule has 0 spiro atoms. The molecule has 2 heterocycles. The standard InChI is InChI=1S/C16H20ClN5O/c17-11-1-3-12(4-2-11)23-10-9-20-15-13-5-7-19-8-6-14(13)21-16(18)22-15/h1-4,19H,5-10H2,(H3,18,20,21,22). The molecule has 4 N–H and O–H groups in total. The number of ether oxygens (including phenoxy) is 1. The zero-order chi connectivity index (χ0) is 16.1. The maximum Gasteiger partial charge on any atom is 0.222 e. The van der Waals surface area contributed by atoms with Crippen LogP contribution in [0.4, 0.5) is 11.8 Å². The Hall–Kier alpha value is -2.05. The van der Waals surface area contributed by atoms with Gasteiger partial charge in [0.15, 0.2) is 0 Å². The highest BCUT2D eigenvalue weighted by molar-refractivity contribution is 6.30. The summed E-state index contributed by atoms with van der Waals surface area (Å²) in [5, 5.41) is 7.37. The lowest BCUT2D eigenvalue weighted by atomic mass is 10.1. The Kier molecular flexibility index (Phi) is 5.15. The van der Waals surface area contributed by atoms with Gasteiger partial charge in [0.05, 0.1) is 12.2 Å². The predicted octanol–water partition coefficient (Wildman–Crippen LogP) is 1.89. The maximum absolute atomic E-state index is 5.85. The molecule has 0 bridgehead atoms. The third kappa shape index (κ3) is 4.24. The van der Waals surface area contributed by atoms with Crippen LogP contribution in [0.15, 0.2) is 24.3 Å². The molecule has 7 heteroatoms. The summed E-state index contributed by atoms with van der Waals surface area (Å²) in [6, 6.07) is 7.32. The smallest absolute Gasteiger partial charge is 0.222 e. The number of benzene rings is 1. The molecule has 0 radical (unpaired) electrons. The largest absolute Gasteiger partial charge is 0.492 e. The van der Waals surface area contributed by atoms with E-state index in [1.807, 2.05) is 24.3 Å². The first-order valence-corrected chi connectivity index (χ1v) is 8.08. The zero-order valence-electron chi connectivity index (χ0n) is 12.8. The van der Waals surface area contributed by atoms with Crippen molar-refractivity contribution < 1.29 is 4.74 Å². The SMILES string of the molecule is Nc1nc2c(c(NCCOc3ccc(Cl)cc3)n1)CCNCC2. The quantitative estimate of drug-likeness (QED) is 0.725. The number of hydrogen-bond donors (Lipinski definition) is 3. The highest BCUT2D eigenvalue weighted by Crippen LogP contribution is 2.20. The van der Waals surface area contributed by atoms with E-state index in [-0.39, 0.29) is 0 Å². The van der Waals surface area contributed by atoms with Crippen LogP contribution < -0.4 is 21.1 Å². The fraction of sp³-hybridized carbons (Fsp3) is 0.375. The summed E-state index contributed by atoms with van der Waals surface area (Å²) in [7, 11) is 0. The first-order chi connectivity index (χ1) is 11.2. The van der Waals surface area contributed by atoms with Gasteiger partial charge in [-0.25, -0.2) is 4.98 Å². The van der Waals surface area contributed by atoms with Crippen molar-refractivity contribution >= 4 is 23.4 Å². The van der Waals surface area contributed by atoms with Crippen LogP contribution in [0.1, 0.15) is 11.3 Å². The lowest BCUT2D eigenvalue weighted by Crippen LogP contribution is -2.17. The number of nitrogens with two attached hydrogens (primary N) is 1. The minimum atomic E-state index is 0.312. The number of aromatic nitrogens is 2. The second-order valence-corrected chi connectivity index (χ2v) is 5.77. The average Bonchev–Trinajstić information content (AvgIpc) is 2.78. The molecule has 1 aromatic heterocycles. The van der Waals surface area contributed by atoms with E-state index in [0.717, 1.165) is 48.8 Å². The van der Waals surface area contributed by atoms with Crippen molar-refractivity contribution in [1.82, 2.24) is 15.3 Å². The van der Waals surface area contributed by atoms with Crippen LogP contribution in [0.3, 0.4) is 0 Å². The summed E-state index contributed by atoms with van der Waals surface area (Å²) < 4.78 is 5.67. The van der Waals surface area contributed by atoms with Gasteiger partial charge >= 0.3 is 0 Å². The highest BCUT2D eigenvalue weighted by atomic mass is 35.5. The van der Waals surface area contributed by atoms with Crippen LogP contribution in [0.25, 0.3) is 0 Å². The average molecular weight is 334 g/mol. The number of anilines is 2. The molecule has 0 atom stereocenters. The van der Waals surface area contributed by atoms with E-state index >= 15 is 0 Å². The van der Waals surface area contributed by atoms with Crippen LogP contribution in [-0.4, -0.2) is 36.2 Å². The number of nitrogens with one attached hydrogen (secondary N) is 2. The van der Waals surface area contributed by atoms with Gasteiger partial charge in [-0.1, -0.05) is 11.6 Å². The van der Waals surface area contributed by atoms with E-state index < -0.39 is 0 Å². The van der Waals surface area contributed by atoms with Gasteiger partial charge < -0.3 is 21.1 Å². The fourth-order valence-electron chi connectivity index (χ4n) is 2.58. The Morgan fingerprint density at radius 1 is 1.17 bits per heavy atom. The van der Waals surface area contributed by atoms with Crippen molar-refractivity contribution in [3.63, 3.8) is 0 Å². The molecular formula is C16H20ClN5O. The number of hydrogen-bond acceptors (Lipinski definition) is 6. The first kappa shape index (κ1) is 15.8. The van der Waals surface area contributed by atoms with Crippen LogP contribution >= 0.6 is 11.6 Å². The molecule has 0 amide bonds. The Morgan fingerprint density at radius 2 is 1.96 bits per heavy atom. The molecule has 0 aliphatic carbocycles. The van der Waals surface area contributed by atoms with Gasteiger partial charge in [-0.2, -0.15) is 4.98 Å². The Labute approximate surface area is 140 Å². The van der Waals surface area contributed by atoms with Crippen molar-refractivity contribution in [2.75, 3.05) is 37.3 Å². The molecule has 2 aromatic rings. The van der Waals surface area contributed by atoms with Gasteiger partial charge in [-0.3, -0.25) is 0 Å². The lowest BCUT2D eigenvalue weighted by Gasteiger charge is -2.14. The number of halogens is 1. The van der Waals surface area contributed by atoms with Crippen LogP contribution in [0.2, 0.25) is 5.02 Å². The second kappa shape index (κ2) is 7.48. The van der Waals surface area contributed by atoms with Gasteiger partial charge in [-0.15, -0.1) is 0 Å². The Balaban J connectivity index is 1.59. The number of nitrogen functional groups attached to an aromatic ring is 1. The summed E-state index contributed by atoms with van der Waals surface area (Å²) in [4.78, 5) is 8.70. The number of rotatable bonds is 5. The van der Waals surface area contributed by atoms with E-state index in [4.69, 9.17) is 22.1 Å². The molecule has 0 unspecified atom stereocenters. The fourth-order valence-corrected chi connectivity index (χ4v) is 2.71. The van der Waals surface area contributed by atoms with E-state index in [9.17, 15) is 0 Å². The molecule has 23 heavy (non-hydrogen) atoms. The van der Waals surface area contributed by atoms with Gasteiger partial charge in [-0.05, 0) is 37.2 Å². The van der Waals surface area contributed by atoms with E-state index in [1.165, 1.54) is 0 Å². The monoisotopic (exact) mass is 333 g/mol. The van der Waals surface area contributed by atoms with E-state index in [1.54, 1.807) is 0 Å². The molecule has 1 aliphatic heterocycles. The van der Waals surface area contributed by atoms with Crippen molar-refractivity contribution in [3.05, 3.63) is 40.5 Å². The van der Waals surface area contributed by atoms with Crippen LogP contribution in [0.5, 0.6) is 5.75 Å². The zero-order valence-corrected chi connectivity index (χ0v) is 13.6. The summed E-state index contributed by atoms with van der Waals surface area (Å²) >= 11 is 5.85. The van der Waals surface area contributed by atoms with Gasteiger partial charge in [0.25, 0.3) is 0 Å². The minimum Gasteiger partial charge on any atom is -0.492 e. The topological polar surface area (TPSA) is 85.1 Å². The van der Waals surface area contributed by atoms with Crippen LogP contribution in [0, 0.1) is 0 Å². The summed E-state index contributed by atoms with van der Waals surface area (Å²) in [5.74, 6) is 1.92. The Morgan fingerprint density at radius 3 is 2.78 bits per heavy atom. The highest BCUT2D eigenvalue weighted by Gasteiger charge is 2.15. The third-order valence-corrected chi connectivity index (χ3v) is 3.93. The molecule has 1 aromatic carbocycles. The molecule has 0 fully saturated rings. The predicted molar refractivity (Wildman–Crippen MR) is 92.2 cm³/mol. The van der Waals surface area contributed by atoms with E-state index in [2.05, 4.69) is 20.6 Å². The lowest BCUT2D eigenvalue weighted by molar-refractivity contribution is 0.332. The van der Waals surface area contributed by atoms with Gasteiger partial charge in [0.1, 0.15) is 18.2 Å². The van der Waals surface area contributed by atoms with E-state index in [0.29, 0.717) is 24.1 Å². The first-order valence-electron chi connectivity index (χ1n) is 7.70. The summed E-state index contributed by atoms with van der Waals surface area (Å²) in [6.45, 7) is 3.01. The third-order valence-electron chi connectivity index (χ3n) is 3.68. The molecular weight excluding hydrogens is 314 g/mol. The minimum absolute atomic E-state index is 0.312. The van der Waals surface area contributed by atoms with Gasteiger partial charge in [0, 0.05) is 23.6 Å².